The number of carbonyl (C=O) groups is 2. The maximum Gasteiger partial charge on any atom is 0.315 e. The van der Waals surface area contributed by atoms with Crippen LogP contribution in [0.1, 0.15) is 55.3 Å². The number of amides is 3. The predicted octanol–water partition coefficient (Wildman–Crippen LogP) is 2.40. The predicted molar refractivity (Wildman–Crippen MR) is 91.5 cm³/mol. The minimum Gasteiger partial charge on any atom is -0.351 e. The van der Waals surface area contributed by atoms with Gasteiger partial charge in [0.2, 0.25) is 0 Å². The van der Waals surface area contributed by atoms with Crippen LogP contribution in [0.2, 0.25) is 0 Å². The summed E-state index contributed by atoms with van der Waals surface area (Å²) in [6, 6.07) is 3.62. The molecule has 6 nitrogen and oxygen atoms in total. The highest BCUT2D eigenvalue weighted by Crippen LogP contribution is 2.28. The number of carbonyl (C=O) groups excluding carboxylic acids is 2. The molecule has 0 unspecified atom stereocenters. The first-order valence-corrected chi connectivity index (χ1v) is 8.94. The molecule has 1 aliphatic carbocycles. The van der Waals surface area contributed by atoms with Crippen LogP contribution in [0, 0.1) is 0 Å². The van der Waals surface area contributed by atoms with E-state index in [1.807, 2.05) is 9.80 Å². The fourth-order valence-electron chi connectivity index (χ4n) is 4.04. The average Bonchev–Trinajstić information content (AvgIpc) is 2.63. The number of urea groups is 1. The Bertz CT molecular complexity index is 564. The van der Waals surface area contributed by atoms with Crippen LogP contribution in [0.15, 0.2) is 24.5 Å². The van der Waals surface area contributed by atoms with E-state index in [0.717, 1.165) is 25.7 Å². The summed E-state index contributed by atoms with van der Waals surface area (Å²) in [6.07, 6.45) is 10.6. The number of aromatic nitrogens is 1. The average molecular weight is 330 g/mol. The van der Waals surface area contributed by atoms with Gasteiger partial charge in [-0.1, -0.05) is 19.3 Å². The van der Waals surface area contributed by atoms with Gasteiger partial charge < -0.3 is 15.5 Å². The van der Waals surface area contributed by atoms with E-state index in [-0.39, 0.29) is 24.0 Å². The van der Waals surface area contributed by atoms with Crippen molar-refractivity contribution in [3.05, 3.63) is 30.1 Å². The van der Waals surface area contributed by atoms with Gasteiger partial charge in [-0.2, -0.15) is 0 Å². The van der Waals surface area contributed by atoms with Crippen molar-refractivity contribution in [2.75, 3.05) is 13.1 Å². The second-order valence-corrected chi connectivity index (χ2v) is 6.80. The van der Waals surface area contributed by atoms with Crippen molar-refractivity contribution in [3.8, 4) is 0 Å². The molecule has 0 radical (unpaired) electrons. The van der Waals surface area contributed by atoms with Crippen molar-refractivity contribution in [2.24, 2.45) is 5.73 Å². The summed E-state index contributed by atoms with van der Waals surface area (Å²) in [6.45, 7) is 1.34. The van der Waals surface area contributed by atoms with Crippen LogP contribution >= 0.6 is 0 Å². The first-order chi connectivity index (χ1) is 11.7. The summed E-state index contributed by atoms with van der Waals surface area (Å²) in [5, 5.41) is 0. The van der Waals surface area contributed by atoms with E-state index in [0.29, 0.717) is 18.7 Å². The topological polar surface area (TPSA) is 79.5 Å². The van der Waals surface area contributed by atoms with Gasteiger partial charge >= 0.3 is 6.03 Å². The van der Waals surface area contributed by atoms with E-state index in [9.17, 15) is 9.59 Å². The molecular weight excluding hydrogens is 304 g/mol. The zero-order valence-electron chi connectivity index (χ0n) is 14.1. The van der Waals surface area contributed by atoms with E-state index < -0.39 is 0 Å². The summed E-state index contributed by atoms with van der Waals surface area (Å²) < 4.78 is 0. The largest absolute Gasteiger partial charge is 0.351 e. The van der Waals surface area contributed by atoms with Crippen LogP contribution in [0.5, 0.6) is 0 Å². The number of nitrogens with zero attached hydrogens (tertiary/aromatic N) is 3. The van der Waals surface area contributed by atoms with E-state index >= 15 is 0 Å². The maximum absolute atomic E-state index is 12.5. The maximum atomic E-state index is 12.5. The molecule has 3 amide bonds. The van der Waals surface area contributed by atoms with Gasteiger partial charge in [-0.25, -0.2) is 4.79 Å². The summed E-state index contributed by atoms with van der Waals surface area (Å²) >= 11 is 0. The minimum absolute atomic E-state index is 0.0409. The number of pyridine rings is 1. The van der Waals surface area contributed by atoms with Gasteiger partial charge in [-0.15, -0.1) is 0 Å². The summed E-state index contributed by atoms with van der Waals surface area (Å²) in [5.41, 5.74) is 6.35. The molecule has 0 bridgehead atoms. The first-order valence-electron chi connectivity index (χ1n) is 8.94. The number of rotatable bonds is 3. The third kappa shape index (κ3) is 3.68. The van der Waals surface area contributed by atoms with Gasteiger partial charge in [0.1, 0.15) is 0 Å². The molecule has 3 rings (SSSR count). The smallest absolute Gasteiger partial charge is 0.315 e. The van der Waals surface area contributed by atoms with Crippen LogP contribution < -0.4 is 5.73 Å². The summed E-state index contributed by atoms with van der Waals surface area (Å²) in [5.74, 6) is 0.0409. The third-order valence-corrected chi connectivity index (χ3v) is 5.29. The zero-order valence-corrected chi connectivity index (χ0v) is 14.1. The van der Waals surface area contributed by atoms with Crippen molar-refractivity contribution in [1.82, 2.24) is 14.8 Å². The molecule has 130 valence electrons. The number of hydrogen-bond donors (Lipinski definition) is 1. The quantitative estimate of drug-likeness (QED) is 0.924. The Morgan fingerprint density at radius 2 is 1.58 bits per heavy atom. The lowest BCUT2D eigenvalue weighted by atomic mass is 9.91. The molecule has 2 aliphatic rings. The van der Waals surface area contributed by atoms with Crippen molar-refractivity contribution in [2.45, 2.75) is 57.0 Å². The molecule has 2 heterocycles. The molecule has 0 atom stereocenters. The van der Waals surface area contributed by atoms with Crippen molar-refractivity contribution < 1.29 is 9.59 Å². The van der Waals surface area contributed by atoms with Gasteiger partial charge in [0.25, 0.3) is 5.91 Å². The van der Waals surface area contributed by atoms with Gasteiger partial charge in [0.15, 0.2) is 0 Å². The molecule has 0 aromatic carbocycles. The number of nitrogens with two attached hydrogens (primary N) is 1. The Hall–Kier alpha value is -2.11. The second-order valence-electron chi connectivity index (χ2n) is 6.80. The highest BCUT2D eigenvalue weighted by Gasteiger charge is 2.33. The van der Waals surface area contributed by atoms with E-state index in [1.54, 1.807) is 24.5 Å². The number of piperidine rings is 1. The minimum atomic E-state index is -0.305. The summed E-state index contributed by atoms with van der Waals surface area (Å²) in [4.78, 5) is 32.2. The molecule has 1 aromatic heterocycles. The third-order valence-electron chi connectivity index (χ3n) is 5.29. The Morgan fingerprint density at radius 3 is 2.17 bits per heavy atom. The number of primary amides is 1. The van der Waals surface area contributed by atoms with E-state index in [4.69, 9.17) is 5.73 Å². The van der Waals surface area contributed by atoms with Crippen LogP contribution in [0.4, 0.5) is 4.79 Å². The Balaban J connectivity index is 1.60. The van der Waals surface area contributed by atoms with Crippen LogP contribution in [-0.4, -0.2) is 51.9 Å². The normalized spacial score (nSPS) is 19.9. The SMILES string of the molecule is NC(=O)N(C1CCCCC1)C1CCN(C(=O)c2ccncc2)CC1. The highest BCUT2D eigenvalue weighted by atomic mass is 16.2. The molecular formula is C18H26N4O2. The fraction of sp³-hybridized carbons (Fsp3) is 0.611. The lowest BCUT2D eigenvalue weighted by Crippen LogP contribution is -2.54. The Morgan fingerprint density at radius 1 is 1.00 bits per heavy atom. The summed E-state index contributed by atoms with van der Waals surface area (Å²) in [7, 11) is 0. The molecule has 1 aromatic rings. The Kier molecular flexibility index (Phi) is 5.33. The van der Waals surface area contributed by atoms with Crippen LogP contribution in [-0.2, 0) is 0 Å². The molecule has 1 saturated heterocycles. The van der Waals surface area contributed by atoms with Gasteiger partial charge in [-0.05, 0) is 37.8 Å². The highest BCUT2D eigenvalue weighted by molar-refractivity contribution is 5.94. The lowest BCUT2D eigenvalue weighted by molar-refractivity contribution is 0.0590. The standard InChI is InChI=1S/C18H26N4O2/c19-18(24)22(15-4-2-1-3-5-15)16-8-12-21(13-9-16)17(23)14-6-10-20-11-7-14/h6-7,10-11,15-16H,1-5,8-9,12-13H2,(H2,19,24). The number of hydrogen-bond acceptors (Lipinski definition) is 3. The Labute approximate surface area is 143 Å². The molecule has 2 fully saturated rings. The fourth-order valence-corrected chi connectivity index (χ4v) is 4.04. The monoisotopic (exact) mass is 330 g/mol. The molecule has 0 spiro atoms. The first kappa shape index (κ1) is 16.7. The molecule has 6 heteroatoms. The lowest BCUT2D eigenvalue weighted by Gasteiger charge is -2.42. The van der Waals surface area contributed by atoms with Crippen LogP contribution in [0.25, 0.3) is 0 Å². The van der Waals surface area contributed by atoms with Gasteiger partial charge in [-0.3, -0.25) is 9.78 Å². The van der Waals surface area contributed by atoms with E-state index in [2.05, 4.69) is 4.98 Å². The number of likely N-dealkylation sites (tertiary alicyclic amines) is 1. The molecule has 2 N–H and O–H groups in total. The van der Waals surface area contributed by atoms with Gasteiger partial charge in [0, 0.05) is 43.1 Å². The van der Waals surface area contributed by atoms with Gasteiger partial charge in [0.05, 0.1) is 0 Å². The molecule has 1 aliphatic heterocycles. The molecule has 24 heavy (non-hydrogen) atoms. The van der Waals surface area contributed by atoms with Crippen molar-refractivity contribution in [3.63, 3.8) is 0 Å². The van der Waals surface area contributed by atoms with Crippen molar-refractivity contribution in [1.29, 1.82) is 0 Å². The second kappa shape index (κ2) is 7.64. The van der Waals surface area contributed by atoms with Crippen molar-refractivity contribution >= 4 is 11.9 Å². The van der Waals surface area contributed by atoms with E-state index in [1.165, 1.54) is 19.3 Å². The van der Waals surface area contributed by atoms with Crippen LogP contribution in [0.3, 0.4) is 0 Å². The molecule has 1 saturated carbocycles. The zero-order chi connectivity index (χ0) is 16.9.